The number of alkyl halides is 1. The van der Waals surface area contributed by atoms with E-state index in [1.807, 2.05) is 4.90 Å². The van der Waals surface area contributed by atoms with Crippen LogP contribution in [0.3, 0.4) is 0 Å². The first kappa shape index (κ1) is 31.1. The number of nitrogens with two attached hydrogens (primary N) is 2. The molecule has 2 amide bonds. The summed E-state index contributed by atoms with van der Waals surface area (Å²) in [4.78, 5) is 31.4. The van der Waals surface area contributed by atoms with E-state index in [-0.39, 0.29) is 47.8 Å². The van der Waals surface area contributed by atoms with Gasteiger partial charge in [-0.2, -0.15) is 0 Å². The highest BCUT2D eigenvalue weighted by atomic mass is 19.1. The molecule has 5 unspecified atom stereocenters. The van der Waals surface area contributed by atoms with Gasteiger partial charge in [0.05, 0.1) is 31.3 Å². The summed E-state index contributed by atoms with van der Waals surface area (Å²) in [5.41, 5.74) is 12.7. The van der Waals surface area contributed by atoms with Crippen molar-refractivity contribution in [3.8, 4) is 0 Å². The molecule has 0 aromatic rings. The number of morpholine rings is 1. The fourth-order valence-electron chi connectivity index (χ4n) is 8.35. The third-order valence-electron chi connectivity index (χ3n) is 10.8. The van der Waals surface area contributed by atoms with Crippen LogP contribution in [0.2, 0.25) is 0 Å². The first-order valence-corrected chi connectivity index (χ1v) is 16.4. The van der Waals surface area contributed by atoms with Crippen molar-refractivity contribution < 1.29 is 18.7 Å². The Morgan fingerprint density at radius 2 is 1.68 bits per heavy atom. The van der Waals surface area contributed by atoms with Gasteiger partial charge in [-0.1, -0.05) is 19.3 Å². The Morgan fingerprint density at radius 3 is 2.39 bits per heavy atom. The third-order valence-corrected chi connectivity index (χ3v) is 10.8. The number of hydrogen-bond acceptors (Lipinski definition) is 8. The summed E-state index contributed by atoms with van der Waals surface area (Å²) in [6.07, 6.45) is 8.88. The molecule has 5 fully saturated rings. The molecule has 1 saturated carbocycles. The van der Waals surface area contributed by atoms with Gasteiger partial charge in [0.25, 0.3) is 0 Å². The van der Waals surface area contributed by atoms with Gasteiger partial charge in [0, 0.05) is 44.2 Å². The molecule has 0 aromatic heterocycles. The summed E-state index contributed by atoms with van der Waals surface area (Å²) >= 11 is 0. The Balaban J connectivity index is 1.22. The predicted molar refractivity (Wildman–Crippen MR) is 157 cm³/mol. The quantitative estimate of drug-likeness (QED) is 0.290. The van der Waals surface area contributed by atoms with Gasteiger partial charge in [-0.15, -0.1) is 0 Å². The zero-order valence-electron chi connectivity index (χ0n) is 24.8. The molecular weight excluding hydrogens is 525 g/mol. The molecule has 0 bridgehead atoms. The molecule has 0 radical (unpaired) electrons. The maximum atomic E-state index is 14.7. The van der Waals surface area contributed by atoms with E-state index in [1.165, 1.54) is 19.3 Å². The van der Waals surface area contributed by atoms with Gasteiger partial charge in [-0.25, -0.2) is 4.39 Å². The SMILES string of the molecule is NC(N)C(C(=O)NC1CNCCC1N1CCC(C(=O)N2CCOCC2)CC1)C1CC2(CCCCC2)CCC(F)CN1. The summed E-state index contributed by atoms with van der Waals surface area (Å²) in [7, 11) is 0. The minimum absolute atomic E-state index is 0.0615. The number of piperidine rings is 2. The minimum atomic E-state index is -0.917. The maximum absolute atomic E-state index is 14.7. The fourth-order valence-corrected chi connectivity index (χ4v) is 8.35. The van der Waals surface area contributed by atoms with E-state index in [0.717, 1.165) is 64.6 Å². The van der Waals surface area contributed by atoms with Crippen molar-refractivity contribution in [3.05, 3.63) is 0 Å². The van der Waals surface area contributed by atoms with Crippen molar-refractivity contribution in [1.29, 1.82) is 0 Å². The van der Waals surface area contributed by atoms with E-state index < -0.39 is 18.3 Å². The Labute approximate surface area is 245 Å². The molecule has 1 spiro atoms. The summed E-state index contributed by atoms with van der Waals surface area (Å²) in [6, 6.07) is -0.127. The molecule has 4 aliphatic heterocycles. The third kappa shape index (κ3) is 7.78. The fraction of sp³-hybridized carbons (Fsp3) is 0.933. The number of halogens is 1. The number of nitrogens with zero attached hydrogens (tertiary/aromatic N) is 2. The van der Waals surface area contributed by atoms with Crippen LogP contribution in [-0.4, -0.2) is 111 Å². The molecule has 4 saturated heterocycles. The van der Waals surface area contributed by atoms with E-state index in [9.17, 15) is 14.0 Å². The zero-order valence-corrected chi connectivity index (χ0v) is 24.8. The van der Waals surface area contributed by atoms with Gasteiger partial charge in [0.15, 0.2) is 0 Å². The second-order valence-electron chi connectivity index (χ2n) is 13.4. The largest absolute Gasteiger partial charge is 0.378 e. The number of nitrogens with one attached hydrogen (secondary N) is 3. The molecule has 10 nitrogen and oxygen atoms in total. The number of rotatable bonds is 6. The second-order valence-corrected chi connectivity index (χ2v) is 13.4. The summed E-state index contributed by atoms with van der Waals surface area (Å²) in [6.45, 7) is 6.15. The van der Waals surface area contributed by atoms with Gasteiger partial charge in [-0.05, 0) is 76.4 Å². The Hall–Kier alpha value is -1.37. The molecule has 5 aliphatic rings. The number of amides is 2. The smallest absolute Gasteiger partial charge is 0.227 e. The Bertz CT molecular complexity index is 859. The number of carbonyl (C=O) groups excluding carboxylic acids is 2. The molecule has 7 N–H and O–H groups in total. The molecule has 41 heavy (non-hydrogen) atoms. The lowest BCUT2D eigenvalue weighted by Crippen LogP contribution is -2.65. The average molecular weight is 580 g/mol. The van der Waals surface area contributed by atoms with Crippen LogP contribution in [0.15, 0.2) is 0 Å². The van der Waals surface area contributed by atoms with Gasteiger partial charge in [0.1, 0.15) is 6.17 Å². The van der Waals surface area contributed by atoms with E-state index in [2.05, 4.69) is 20.9 Å². The summed E-state index contributed by atoms with van der Waals surface area (Å²) in [5, 5.41) is 10.2. The van der Waals surface area contributed by atoms with Crippen LogP contribution >= 0.6 is 0 Å². The highest BCUT2D eigenvalue weighted by Crippen LogP contribution is 2.46. The van der Waals surface area contributed by atoms with Crippen molar-refractivity contribution in [1.82, 2.24) is 25.8 Å². The van der Waals surface area contributed by atoms with Crippen LogP contribution in [0.5, 0.6) is 0 Å². The van der Waals surface area contributed by atoms with Gasteiger partial charge < -0.3 is 37.1 Å². The number of carbonyl (C=O) groups is 2. The zero-order chi connectivity index (χ0) is 28.8. The van der Waals surface area contributed by atoms with Crippen LogP contribution in [0, 0.1) is 17.3 Å². The molecule has 5 atom stereocenters. The first-order chi connectivity index (χ1) is 19.8. The molecule has 4 heterocycles. The highest BCUT2D eigenvalue weighted by molar-refractivity contribution is 5.80. The van der Waals surface area contributed by atoms with Crippen LogP contribution < -0.4 is 27.4 Å². The Kier molecular flexibility index (Phi) is 10.9. The number of likely N-dealkylation sites (tertiary alicyclic amines) is 1. The van der Waals surface area contributed by atoms with Gasteiger partial charge in [0.2, 0.25) is 11.8 Å². The molecule has 1 aliphatic carbocycles. The standard InChI is InChI=1S/C30H54FN7O3/c31-22-4-10-30(8-2-1-3-9-30)18-23(35-19-22)26(27(32)33)28(39)36-24-20-34-11-5-25(24)37-12-6-21(7-13-37)29(40)38-14-16-41-17-15-38/h21-27,34-35H,1-20,32-33H2,(H,36,39). The monoisotopic (exact) mass is 579 g/mol. The maximum Gasteiger partial charge on any atom is 0.227 e. The minimum Gasteiger partial charge on any atom is -0.378 e. The molecule has 234 valence electrons. The van der Waals surface area contributed by atoms with E-state index in [0.29, 0.717) is 39.3 Å². The average Bonchev–Trinajstić information content (AvgIpc) is 2.99. The van der Waals surface area contributed by atoms with Crippen molar-refractivity contribution in [3.63, 3.8) is 0 Å². The van der Waals surface area contributed by atoms with Crippen LogP contribution in [0.25, 0.3) is 0 Å². The lowest BCUT2D eigenvalue weighted by Gasteiger charge is -2.46. The number of ether oxygens (including phenoxy) is 1. The molecule has 0 aromatic carbocycles. The highest BCUT2D eigenvalue weighted by Gasteiger charge is 2.43. The number of hydrogen-bond donors (Lipinski definition) is 5. The predicted octanol–water partition coefficient (Wildman–Crippen LogP) is 0.694. The van der Waals surface area contributed by atoms with E-state index in [1.54, 1.807) is 0 Å². The van der Waals surface area contributed by atoms with Crippen molar-refractivity contribution in [2.24, 2.45) is 28.7 Å². The van der Waals surface area contributed by atoms with Crippen LogP contribution in [0.1, 0.15) is 70.6 Å². The lowest BCUT2D eigenvalue weighted by atomic mass is 9.65. The van der Waals surface area contributed by atoms with Gasteiger partial charge in [-0.3, -0.25) is 14.5 Å². The summed E-state index contributed by atoms with van der Waals surface area (Å²) in [5.74, 6) is -0.425. The lowest BCUT2D eigenvalue weighted by molar-refractivity contribution is -0.141. The molecule has 11 heteroatoms. The Morgan fingerprint density at radius 1 is 0.951 bits per heavy atom. The topological polar surface area (TPSA) is 138 Å². The van der Waals surface area contributed by atoms with E-state index in [4.69, 9.17) is 16.2 Å². The van der Waals surface area contributed by atoms with E-state index >= 15 is 0 Å². The van der Waals surface area contributed by atoms with Crippen molar-refractivity contribution >= 4 is 11.8 Å². The molecule has 5 rings (SSSR count). The van der Waals surface area contributed by atoms with Crippen molar-refractivity contribution in [2.75, 3.05) is 59.0 Å². The molecular formula is C30H54FN7O3. The van der Waals surface area contributed by atoms with Crippen LogP contribution in [-0.2, 0) is 14.3 Å². The van der Waals surface area contributed by atoms with Crippen LogP contribution in [0.4, 0.5) is 4.39 Å². The second kappa shape index (κ2) is 14.4. The van der Waals surface area contributed by atoms with Gasteiger partial charge >= 0.3 is 0 Å². The normalized spacial score (nSPS) is 33.2. The van der Waals surface area contributed by atoms with Crippen molar-refractivity contribution in [2.45, 2.75) is 101 Å². The first-order valence-electron chi connectivity index (χ1n) is 16.4. The summed E-state index contributed by atoms with van der Waals surface area (Å²) < 4.78 is 20.2.